The summed E-state index contributed by atoms with van der Waals surface area (Å²) in [7, 11) is 1.64. The lowest BCUT2D eigenvalue weighted by molar-refractivity contribution is 0.0910. The number of carbonyl (C=O) groups excluding carboxylic acids is 1. The third-order valence-corrected chi connectivity index (χ3v) is 5.40. The highest BCUT2D eigenvalue weighted by molar-refractivity contribution is 5.93. The summed E-state index contributed by atoms with van der Waals surface area (Å²) in [6, 6.07) is 16.2. The van der Waals surface area contributed by atoms with Crippen LogP contribution in [0.4, 0.5) is 0 Å². The van der Waals surface area contributed by atoms with E-state index in [9.17, 15) is 9.59 Å². The summed E-state index contributed by atoms with van der Waals surface area (Å²) in [5.41, 5.74) is 1.31. The molecule has 1 N–H and O–H groups in total. The summed E-state index contributed by atoms with van der Waals surface area (Å²) in [6.45, 7) is 2.43. The smallest absolute Gasteiger partial charge is 0.287 e. The first-order valence-corrected chi connectivity index (χ1v) is 9.85. The van der Waals surface area contributed by atoms with Crippen LogP contribution >= 0.6 is 0 Å². The van der Waals surface area contributed by atoms with Gasteiger partial charge in [-0.1, -0.05) is 24.3 Å². The van der Waals surface area contributed by atoms with Gasteiger partial charge in [-0.2, -0.15) is 0 Å². The van der Waals surface area contributed by atoms with Crippen molar-refractivity contribution in [1.82, 2.24) is 10.2 Å². The number of carbonyl (C=O) groups is 1. The van der Waals surface area contributed by atoms with E-state index in [4.69, 9.17) is 9.15 Å². The monoisotopic (exact) mass is 392 g/mol. The molecule has 0 aliphatic carbocycles. The molecule has 1 aromatic heterocycles. The van der Waals surface area contributed by atoms with Crippen molar-refractivity contribution in [3.05, 3.63) is 76.1 Å². The number of nitrogens with zero attached hydrogens (tertiary/aromatic N) is 1. The summed E-state index contributed by atoms with van der Waals surface area (Å²) < 4.78 is 10.9. The normalized spacial score (nSPS) is 15.3. The zero-order valence-electron chi connectivity index (χ0n) is 16.4. The Hall–Kier alpha value is -3.12. The molecule has 0 spiro atoms. The quantitative estimate of drug-likeness (QED) is 0.696. The zero-order valence-corrected chi connectivity index (χ0v) is 16.4. The maximum atomic E-state index is 12.7. The van der Waals surface area contributed by atoms with Gasteiger partial charge in [0.1, 0.15) is 11.3 Å². The van der Waals surface area contributed by atoms with Crippen molar-refractivity contribution in [3.63, 3.8) is 0 Å². The molecule has 0 saturated carbocycles. The van der Waals surface area contributed by atoms with E-state index in [0.29, 0.717) is 17.5 Å². The van der Waals surface area contributed by atoms with Gasteiger partial charge in [-0.05, 0) is 55.8 Å². The Balaban J connectivity index is 1.53. The predicted molar refractivity (Wildman–Crippen MR) is 111 cm³/mol. The molecule has 0 bridgehead atoms. The van der Waals surface area contributed by atoms with Gasteiger partial charge in [-0.25, -0.2) is 0 Å². The van der Waals surface area contributed by atoms with Crippen molar-refractivity contribution in [2.75, 3.05) is 26.7 Å². The Morgan fingerprint density at radius 1 is 1.14 bits per heavy atom. The third-order valence-electron chi connectivity index (χ3n) is 5.40. The Morgan fingerprint density at radius 2 is 1.86 bits per heavy atom. The van der Waals surface area contributed by atoms with Gasteiger partial charge < -0.3 is 14.5 Å². The van der Waals surface area contributed by atoms with Crippen LogP contribution in [0.1, 0.15) is 35.0 Å². The van der Waals surface area contributed by atoms with Crippen molar-refractivity contribution < 1.29 is 13.9 Å². The number of para-hydroxylation sites is 1. The molecule has 6 heteroatoms. The molecule has 6 nitrogen and oxygen atoms in total. The SMILES string of the molecule is COc1ccc(C(CNC(=O)c2cc(=O)c3ccccc3o2)N2CCCC2)cc1. The van der Waals surface area contributed by atoms with E-state index in [2.05, 4.69) is 10.2 Å². The first-order chi connectivity index (χ1) is 14.2. The number of amides is 1. The highest BCUT2D eigenvalue weighted by Crippen LogP contribution is 2.26. The van der Waals surface area contributed by atoms with E-state index < -0.39 is 0 Å². The molecule has 1 amide bonds. The van der Waals surface area contributed by atoms with Crippen molar-refractivity contribution in [1.29, 1.82) is 0 Å². The second-order valence-electron chi connectivity index (χ2n) is 7.21. The molecule has 29 heavy (non-hydrogen) atoms. The highest BCUT2D eigenvalue weighted by Gasteiger charge is 2.24. The standard InChI is InChI=1S/C23H24N2O4/c1-28-17-10-8-16(9-11-17)19(25-12-4-5-13-25)15-24-23(27)22-14-20(26)18-6-2-3-7-21(18)29-22/h2-3,6-11,14,19H,4-5,12-13,15H2,1H3,(H,24,27). The molecule has 0 radical (unpaired) electrons. The number of fused-ring (bicyclic) bond motifs is 1. The van der Waals surface area contributed by atoms with Gasteiger partial charge in [0.15, 0.2) is 11.2 Å². The zero-order chi connectivity index (χ0) is 20.2. The van der Waals surface area contributed by atoms with Gasteiger partial charge in [0, 0.05) is 12.6 Å². The molecule has 1 aliphatic heterocycles. The molecule has 3 aromatic rings. The van der Waals surface area contributed by atoms with Gasteiger partial charge >= 0.3 is 0 Å². The maximum Gasteiger partial charge on any atom is 0.287 e. The number of rotatable bonds is 6. The van der Waals surface area contributed by atoms with Crippen LogP contribution in [0.15, 0.2) is 63.8 Å². The topological polar surface area (TPSA) is 71.8 Å². The third kappa shape index (κ3) is 4.17. The van der Waals surface area contributed by atoms with E-state index in [-0.39, 0.29) is 23.1 Å². The summed E-state index contributed by atoms with van der Waals surface area (Å²) in [5.74, 6) is 0.449. The average Bonchev–Trinajstić information content (AvgIpc) is 3.29. The number of benzene rings is 2. The minimum absolute atomic E-state index is 0.0311. The van der Waals surface area contributed by atoms with Crippen LogP contribution in [0, 0.1) is 0 Å². The summed E-state index contributed by atoms with van der Waals surface area (Å²) in [5, 5.41) is 3.42. The van der Waals surface area contributed by atoms with E-state index in [0.717, 1.165) is 37.2 Å². The summed E-state index contributed by atoms with van der Waals surface area (Å²) in [4.78, 5) is 27.4. The second kappa shape index (κ2) is 8.49. The molecular formula is C23H24N2O4. The van der Waals surface area contributed by atoms with Crippen LogP contribution in [0.3, 0.4) is 0 Å². The van der Waals surface area contributed by atoms with Crippen LogP contribution < -0.4 is 15.5 Å². The molecule has 150 valence electrons. The van der Waals surface area contributed by atoms with Gasteiger partial charge in [0.25, 0.3) is 5.91 Å². The lowest BCUT2D eigenvalue weighted by Gasteiger charge is -2.28. The Bertz CT molecular complexity index is 1050. The van der Waals surface area contributed by atoms with Crippen LogP contribution in [0.5, 0.6) is 5.75 Å². The van der Waals surface area contributed by atoms with E-state index in [1.165, 1.54) is 6.07 Å². The lowest BCUT2D eigenvalue weighted by atomic mass is 10.1. The molecule has 1 aliphatic rings. The number of ether oxygens (including phenoxy) is 1. The molecule has 1 fully saturated rings. The minimum atomic E-state index is -0.384. The van der Waals surface area contributed by atoms with Crippen LogP contribution in [-0.4, -0.2) is 37.6 Å². The molecule has 2 heterocycles. The van der Waals surface area contributed by atoms with Crippen molar-refractivity contribution in [2.24, 2.45) is 0 Å². The van der Waals surface area contributed by atoms with E-state index >= 15 is 0 Å². The van der Waals surface area contributed by atoms with E-state index in [1.54, 1.807) is 31.4 Å². The molecule has 1 atom stereocenters. The lowest BCUT2D eigenvalue weighted by Crippen LogP contribution is -2.37. The Morgan fingerprint density at radius 3 is 2.59 bits per heavy atom. The molecule has 2 aromatic carbocycles. The molecule has 1 saturated heterocycles. The number of nitrogens with one attached hydrogen (secondary N) is 1. The Kier molecular flexibility index (Phi) is 5.62. The van der Waals surface area contributed by atoms with Gasteiger partial charge in [-0.3, -0.25) is 14.5 Å². The fourth-order valence-electron chi connectivity index (χ4n) is 3.83. The fraction of sp³-hybridized carbons (Fsp3) is 0.304. The second-order valence-corrected chi connectivity index (χ2v) is 7.21. The molecule has 1 unspecified atom stereocenters. The summed E-state index contributed by atoms with van der Waals surface area (Å²) in [6.07, 6.45) is 2.31. The minimum Gasteiger partial charge on any atom is -0.497 e. The van der Waals surface area contributed by atoms with Crippen LogP contribution in [0.2, 0.25) is 0 Å². The van der Waals surface area contributed by atoms with Gasteiger partial charge in [0.2, 0.25) is 0 Å². The number of hydrogen-bond acceptors (Lipinski definition) is 5. The van der Waals surface area contributed by atoms with Crippen LogP contribution in [0.25, 0.3) is 11.0 Å². The average molecular weight is 392 g/mol. The Labute approximate surface area is 169 Å². The summed E-state index contributed by atoms with van der Waals surface area (Å²) >= 11 is 0. The maximum absolute atomic E-state index is 12.7. The van der Waals surface area contributed by atoms with Gasteiger partial charge in [0.05, 0.1) is 18.5 Å². The molecule has 4 rings (SSSR count). The first-order valence-electron chi connectivity index (χ1n) is 9.85. The van der Waals surface area contributed by atoms with Crippen molar-refractivity contribution in [3.8, 4) is 5.75 Å². The number of methoxy groups -OCH3 is 1. The van der Waals surface area contributed by atoms with Crippen molar-refractivity contribution >= 4 is 16.9 Å². The van der Waals surface area contributed by atoms with Crippen molar-refractivity contribution in [2.45, 2.75) is 18.9 Å². The fourth-order valence-corrected chi connectivity index (χ4v) is 3.83. The number of likely N-dealkylation sites (tertiary alicyclic amines) is 1. The predicted octanol–water partition coefficient (Wildman–Crippen LogP) is 3.37. The van der Waals surface area contributed by atoms with Crippen LogP contribution in [-0.2, 0) is 0 Å². The molecular weight excluding hydrogens is 368 g/mol. The largest absolute Gasteiger partial charge is 0.497 e. The first kappa shape index (κ1) is 19.2. The highest BCUT2D eigenvalue weighted by atomic mass is 16.5. The van der Waals surface area contributed by atoms with Gasteiger partial charge in [-0.15, -0.1) is 0 Å². The van der Waals surface area contributed by atoms with E-state index in [1.807, 2.05) is 24.3 Å². The number of hydrogen-bond donors (Lipinski definition) is 1.